The van der Waals surface area contributed by atoms with Crippen LogP contribution in [-0.2, 0) is 0 Å². The number of aryl methyl sites for hydroxylation is 1. The molecule has 4 N–H and O–H groups in total. The highest BCUT2D eigenvalue weighted by Crippen LogP contribution is 2.28. The van der Waals surface area contributed by atoms with Gasteiger partial charge in [0.25, 0.3) is 0 Å². The molecule has 0 spiro atoms. The zero-order valence-electron chi connectivity index (χ0n) is 10.6. The van der Waals surface area contributed by atoms with Gasteiger partial charge in [-0.3, -0.25) is 0 Å². The van der Waals surface area contributed by atoms with Crippen molar-refractivity contribution in [2.24, 2.45) is 0 Å². The standard InChI is InChI=1S/C12H18N4OS/c1-3-4-8(17)6-14-10-9-5-7(2)18-11(9)16-12(13)15-10/h5,8,17H,3-4,6H2,1-2H3,(H3,13,14,15,16). The van der Waals surface area contributed by atoms with Crippen molar-refractivity contribution < 1.29 is 5.11 Å². The molecule has 1 atom stereocenters. The zero-order valence-corrected chi connectivity index (χ0v) is 11.4. The molecule has 0 aliphatic rings. The third kappa shape index (κ3) is 2.88. The van der Waals surface area contributed by atoms with Crippen molar-refractivity contribution in [2.75, 3.05) is 17.6 Å². The average molecular weight is 266 g/mol. The molecule has 0 saturated heterocycles. The predicted octanol–water partition coefficient (Wildman–Crippen LogP) is 2.15. The van der Waals surface area contributed by atoms with Gasteiger partial charge in [-0.2, -0.15) is 4.98 Å². The van der Waals surface area contributed by atoms with Crippen molar-refractivity contribution in [1.82, 2.24) is 9.97 Å². The van der Waals surface area contributed by atoms with Gasteiger partial charge in [0, 0.05) is 11.4 Å². The number of fused-ring (bicyclic) bond motifs is 1. The number of nitrogen functional groups attached to an aromatic ring is 1. The molecule has 98 valence electrons. The quantitative estimate of drug-likeness (QED) is 0.772. The third-order valence-corrected chi connectivity index (χ3v) is 3.60. The van der Waals surface area contributed by atoms with Gasteiger partial charge in [-0.1, -0.05) is 13.3 Å². The molecule has 2 rings (SSSR count). The molecule has 2 heterocycles. The summed E-state index contributed by atoms with van der Waals surface area (Å²) in [6.07, 6.45) is 1.38. The number of nitrogens with two attached hydrogens (primary N) is 1. The van der Waals surface area contributed by atoms with Gasteiger partial charge in [0.05, 0.1) is 11.5 Å². The number of rotatable bonds is 5. The number of thiophene rings is 1. The minimum Gasteiger partial charge on any atom is -0.391 e. The summed E-state index contributed by atoms with van der Waals surface area (Å²) < 4.78 is 0. The first-order chi connectivity index (χ1) is 8.60. The highest BCUT2D eigenvalue weighted by atomic mass is 32.1. The van der Waals surface area contributed by atoms with E-state index in [4.69, 9.17) is 5.73 Å². The molecule has 6 heteroatoms. The summed E-state index contributed by atoms with van der Waals surface area (Å²) in [4.78, 5) is 10.5. The molecule has 0 radical (unpaired) electrons. The van der Waals surface area contributed by atoms with Gasteiger partial charge >= 0.3 is 0 Å². The lowest BCUT2D eigenvalue weighted by atomic mass is 10.2. The summed E-state index contributed by atoms with van der Waals surface area (Å²) in [5.74, 6) is 0.967. The van der Waals surface area contributed by atoms with Gasteiger partial charge in [-0.25, -0.2) is 4.98 Å². The van der Waals surface area contributed by atoms with Gasteiger partial charge in [0.2, 0.25) is 5.95 Å². The van der Waals surface area contributed by atoms with E-state index >= 15 is 0 Å². The van der Waals surface area contributed by atoms with Crippen LogP contribution in [0, 0.1) is 6.92 Å². The number of hydrogen-bond acceptors (Lipinski definition) is 6. The number of hydrogen-bond donors (Lipinski definition) is 3. The maximum absolute atomic E-state index is 9.72. The SMILES string of the molecule is CCCC(O)CNc1nc(N)nc2sc(C)cc12. The zero-order chi connectivity index (χ0) is 13.1. The molecule has 0 aliphatic carbocycles. The Hall–Kier alpha value is -1.40. The Balaban J connectivity index is 2.21. The maximum atomic E-state index is 9.72. The van der Waals surface area contributed by atoms with Crippen LogP contribution in [0.15, 0.2) is 6.07 Å². The molecular formula is C12H18N4OS. The van der Waals surface area contributed by atoms with Crippen molar-refractivity contribution in [3.8, 4) is 0 Å². The van der Waals surface area contributed by atoms with Crippen molar-refractivity contribution in [1.29, 1.82) is 0 Å². The van der Waals surface area contributed by atoms with E-state index in [0.717, 1.165) is 23.1 Å². The molecular weight excluding hydrogens is 248 g/mol. The minimum atomic E-state index is -0.360. The Morgan fingerprint density at radius 2 is 2.28 bits per heavy atom. The Labute approximate surface area is 110 Å². The van der Waals surface area contributed by atoms with Gasteiger partial charge in [-0.15, -0.1) is 11.3 Å². The molecule has 0 aliphatic heterocycles. The molecule has 2 aromatic heterocycles. The van der Waals surface area contributed by atoms with E-state index in [2.05, 4.69) is 15.3 Å². The lowest BCUT2D eigenvalue weighted by Gasteiger charge is -2.11. The normalized spacial score (nSPS) is 12.8. The second kappa shape index (κ2) is 5.49. The number of nitrogens with zero attached hydrogens (tertiary/aromatic N) is 2. The fraction of sp³-hybridized carbons (Fsp3) is 0.500. The summed E-state index contributed by atoms with van der Waals surface area (Å²) in [6.45, 7) is 4.55. The van der Waals surface area contributed by atoms with E-state index in [1.54, 1.807) is 11.3 Å². The summed E-state index contributed by atoms with van der Waals surface area (Å²) >= 11 is 1.59. The first-order valence-corrected chi connectivity index (χ1v) is 6.87. The molecule has 2 aromatic rings. The number of nitrogens with one attached hydrogen (secondary N) is 1. The third-order valence-electron chi connectivity index (χ3n) is 2.66. The molecule has 0 fully saturated rings. The van der Waals surface area contributed by atoms with Crippen LogP contribution in [0.3, 0.4) is 0 Å². The van der Waals surface area contributed by atoms with E-state index in [1.165, 1.54) is 4.88 Å². The summed E-state index contributed by atoms with van der Waals surface area (Å²) in [5.41, 5.74) is 5.68. The maximum Gasteiger partial charge on any atom is 0.223 e. The number of aliphatic hydroxyl groups excluding tert-OH is 1. The molecule has 0 saturated carbocycles. The number of anilines is 2. The van der Waals surface area contributed by atoms with Gasteiger partial charge < -0.3 is 16.2 Å². The second-order valence-electron chi connectivity index (χ2n) is 4.33. The van der Waals surface area contributed by atoms with Gasteiger partial charge in [0.15, 0.2) is 0 Å². The average Bonchev–Trinajstić information content (AvgIpc) is 2.66. The van der Waals surface area contributed by atoms with Gasteiger partial charge in [-0.05, 0) is 19.4 Å². The van der Waals surface area contributed by atoms with Crippen LogP contribution in [-0.4, -0.2) is 27.7 Å². The Morgan fingerprint density at radius 1 is 1.50 bits per heavy atom. The van der Waals surface area contributed by atoms with Crippen LogP contribution in [0.4, 0.5) is 11.8 Å². The molecule has 18 heavy (non-hydrogen) atoms. The largest absolute Gasteiger partial charge is 0.391 e. The lowest BCUT2D eigenvalue weighted by molar-refractivity contribution is 0.176. The van der Waals surface area contributed by atoms with Crippen LogP contribution in [0.5, 0.6) is 0 Å². The molecule has 0 aromatic carbocycles. The van der Waals surface area contributed by atoms with Crippen LogP contribution < -0.4 is 11.1 Å². The van der Waals surface area contributed by atoms with Crippen molar-refractivity contribution >= 4 is 33.3 Å². The molecule has 1 unspecified atom stereocenters. The van der Waals surface area contributed by atoms with E-state index in [1.807, 2.05) is 19.9 Å². The number of aliphatic hydroxyl groups is 1. The molecule has 0 bridgehead atoms. The Kier molecular flexibility index (Phi) is 3.98. The summed E-state index contributed by atoms with van der Waals surface area (Å²) in [7, 11) is 0. The van der Waals surface area contributed by atoms with Gasteiger partial charge in [0.1, 0.15) is 10.6 Å². The minimum absolute atomic E-state index is 0.261. The predicted molar refractivity (Wildman–Crippen MR) is 76.0 cm³/mol. The number of aromatic nitrogens is 2. The fourth-order valence-corrected chi connectivity index (χ4v) is 2.73. The van der Waals surface area contributed by atoms with Crippen molar-refractivity contribution in [3.63, 3.8) is 0 Å². The van der Waals surface area contributed by atoms with Crippen molar-refractivity contribution in [2.45, 2.75) is 32.8 Å². The second-order valence-corrected chi connectivity index (χ2v) is 5.56. The summed E-state index contributed by atoms with van der Waals surface area (Å²) in [6, 6.07) is 2.04. The van der Waals surface area contributed by atoms with Crippen LogP contribution in [0.2, 0.25) is 0 Å². The van der Waals surface area contributed by atoms with Crippen molar-refractivity contribution in [3.05, 3.63) is 10.9 Å². The first-order valence-electron chi connectivity index (χ1n) is 6.05. The summed E-state index contributed by atoms with van der Waals surface area (Å²) in [5, 5.41) is 13.8. The highest BCUT2D eigenvalue weighted by molar-refractivity contribution is 7.18. The fourth-order valence-electron chi connectivity index (χ4n) is 1.84. The van der Waals surface area contributed by atoms with E-state index in [-0.39, 0.29) is 12.1 Å². The van der Waals surface area contributed by atoms with E-state index < -0.39 is 0 Å². The van der Waals surface area contributed by atoms with Crippen LogP contribution >= 0.6 is 11.3 Å². The Bertz CT molecular complexity index is 540. The monoisotopic (exact) mass is 266 g/mol. The molecule has 5 nitrogen and oxygen atoms in total. The first kappa shape index (κ1) is 13.0. The van der Waals surface area contributed by atoms with E-state index in [9.17, 15) is 5.11 Å². The van der Waals surface area contributed by atoms with E-state index in [0.29, 0.717) is 12.4 Å². The van der Waals surface area contributed by atoms with Crippen LogP contribution in [0.25, 0.3) is 10.2 Å². The Morgan fingerprint density at radius 3 is 3.00 bits per heavy atom. The van der Waals surface area contributed by atoms with Crippen LogP contribution in [0.1, 0.15) is 24.6 Å². The lowest BCUT2D eigenvalue weighted by Crippen LogP contribution is -2.19. The highest BCUT2D eigenvalue weighted by Gasteiger charge is 2.10. The topological polar surface area (TPSA) is 84.1 Å². The molecule has 0 amide bonds. The smallest absolute Gasteiger partial charge is 0.223 e.